The highest BCUT2D eigenvalue weighted by Gasteiger charge is 2.05. The van der Waals surface area contributed by atoms with E-state index in [1.54, 1.807) is 50.6 Å². The predicted molar refractivity (Wildman–Crippen MR) is 95.2 cm³/mol. The van der Waals surface area contributed by atoms with E-state index in [4.69, 9.17) is 25.8 Å². The SMILES string of the molecule is COc1ccc(/C=C/C(=O)Nc2ccc(OC)c(Cl)c2)c(OC)c1. The van der Waals surface area contributed by atoms with Crippen molar-refractivity contribution in [2.75, 3.05) is 26.6 Å². The Morgan fingerprint density at radius 2 is 1.75 bits per heavy atom. The van der Waals surface area contributed by atoms with Crippen LogP contribution in [0.15, 0.2) is 42.5 Å². The van der Waals surface area contributed by atoms with Crippen molar-refractivity contribution < 1.29 is 19.0 Å². The average Bonchev–Trinajstić information content (AvgIpc) is 2.60. The zero-order valence-corrected chi connectivity index (χ0v) is 14.4. The van der Waals surface area contributed by atoms with Crippen molar-refractivity contribution >= 4 is 29.3 Å². The van der Waals surface area contributed by atoms with Crippen LogP contribution in [0.5, 0.6) is 17.2 Å². The fourth-order valence-electron chi connectivity index (χ4n) is 2.05. The van der Waals surface area contributed by atoms with Gasteiger partial charge in [-0.1, -0.05) is 11.6 Å². The third-order valence-corrected chi connectivity index (χ3v) is 3.57. The fourth-order valence-corrected chi connectivity index (χ4v) is 2.31. The quantitative estimate of drug-likeness (QED) is 0.802. The molecule has 5 nitrogen and oxygen atoms in total. The van der Waals surface area contributed by atoms with Crippen molar-refractivity contribution in [3.63, 3.8) is 0 Å². The minimum absolute atomic E-state index is 0.283. The van der Waals surface area contributed by atoms with Crippen LogP contribution in [0.3, 0.4) is 0 Å². The van der Waals surface area contributed by atoms with Gasteiger partial charge in [0.15, 0.2) is 0 Å². The van der Waals surface area contributed by atoms with Gasteiger partial charge in [-0.15, -0.1) is 0 Å². The molecule has 2 rings (SSSR count). The normalized spacial score (nSPS) is 10.5. The minimum atomic E-state index is -0.283. The molecule has 24 heavy (non-hydrogen) atoms. The highest BCUT2D eigenvalue weighted by atomic mass is 35.5. The topological polar surface area (TPSA) is 56.8 Å². The number of halogens is 1. The molecule has 0 aliphatic carbocycles. The molecular weight excluding hydrogens is 330 g/mol. The van der Waals surface area contributed by atoms with Crippen molar-refractivity contribution in [3.8, 4) is 17.2 Å². The number of nitrogens with one attached hydrogen (secondary N) is 1. The van der Waals surface area contributed by atoms with E-state index in [2.05, 4.69) is 5.32 Å². The molecule has 0 heterocycles. The first kappa shape index (κ1) is 17.7. The molecule has 1 N–H and O–H groups in total. The zero-order valence-electron chi connectivity index (χ0n) is 13.6. The van der Waals surface area contributed by atoms with Gasteiger partial charge in [0.2, 0.25) is 5.91 Å². The highest BCUT2D eigenvalue weighted by Crippen LogP contribution is 2.28. The van der Waals surface area contributed by atoms with E-state index in [-0.39, 0.29) is 5.91 Å². The molecule has 0 saturated carbocycles. The second-order valence-corrected chi connectivity index (χ2v) is 5.19. The van der Waals surface area contributed by atoms with E-state index in [1.807, 2.05) is 6.07 Å². The smallest absolute Gasteiger partial charge is 0.248 e. The van der Waals surface area contributed by atoms with Crippen LogP contribution in [0.4, 0.5) is 5.69 Å². The number of carbonyl (C=O) groups is 1. The first-order valence-corrected chi connectivity index (χ1v) is 7.49. The van der Waals surface area contributed by atoms with Crippen LogP contribution in [0.25, 0.3) is 6.08 Å². The van der Waals surface area contributed by atoms with Gasteiger partial charge in [0.1, 0.15) is 17.2 Å². The molecule has 6 heteroatoms. The third kappa shape index (κ3) is 4.43. The molecule has 0 bridgehead atoms. The maximum atomic E-state index is 12.0. The largest absolute Gasteiger partial charge is 0.497 e. The summed E-state index contributed by atoms with van der Waals surface area (Å²) in [5, 5.41) is 3.16. The second-order valence-electron chi connectivity index (χ2n) is 4.78. The number of ether oxygens (including phenoxy) is 3. The Hall–Kier alpha value is -2.66. The van der Waals surface area contributed by atoms with Gasteiger partial charge in [0.25, 0.3) is 0 Å². The first-order valence-electron chi connectivity index (χ1n) is 7.12. The van der Waals surface area contributed by atoms with Crippen molar-refractivity contribution in [3.05, 3.63) is 53.1 Å². The Labute approximate surface area is 145 Å². The number of anilines is 1. The lowest BCUT2D eigenvalue weighted by atomic mass is 10.1. The number of benzene rings is 2. The number of carbonyl (C=O) groups excluding carboxylic acids is 1. The molecule has 0 radical (unpaired) electrons. The Balaban J connectivity index is 2.09. The van der Waals surface area contributed by atoms with Gasteiger partial charge >= 0.3 is 0 Å². The van der Waals surface area contributed by atoms with E-state index >= 15 is 0 Å². The zero-order chi connectivity index (χ0) is 17.5. The molecule has 126 valence electrons. The summed E-state index contributed by atoms with van der Waals surface area (Å²) in [6.45, 7) is 0. The molecule has 1 amide bonds. The fraction of sp³-hybridized carbons (Fsp3) is 0.167. The van der Waals surface area contributed by atoms with E-state index < -0.39 is 0 Å². The summed E-state index contributed by atoms with van der Waals surface area (Å²) in [4.78, 5) is 12.0. The van der Waals surface area contributed by atoms with Crippen LogP contribution in [0, 0.1) is 0 Å². The summed E-state index contributed by atoms with van der Waals surface area (Å²) in [5.74, 6) is 1.56. The van der Waals surface area contributed by atoms with Crippen LogP contribution in [0.2, 0.25) is 5.02 Å². The molecule has 0 unspecified atom stereocenters. The summed E-state index contributed by atoms with van der Waals surface area (Å²) in [6.07, 6.45) is 3.08. The Morgan fingerprint density at radius 3 is 2.38 bits per heavy atom. The number of hydrogen-bond acceptors (Lipinski definition) is 4. The lowest BCUT2D eigenvalue weighted by Gasteiger charge is -2.08. The van der Waals surface area contributed by atoms with Crippen molar-refractivity contribution in [1.29, 1.82) is 0 Å². The van der Waals surface area contributed by atoms with E-state index in [1.165, 1.54) is 13.2 Å². The van der Waals surface area contributed by atoms with Gasteiger partial charge < -0.3 is 19.5 Å². The van der Waals surface area contributed by atoms with E-state index in [0.29, 0.717) is 28.0 Å². The summed E-state index contributed by atoms with van der Waals surface area (Å²) in [7, 11) is 4.67. The minimum Gasteiger partial charge on any atom is -0.497 e. The number of hydrogen-bond donors (Lipinski definition) is 1. The molecule has 0 saturated heterocycles. The van der Waals surface area contributed by atoms with Gasteiger partial charge in [-0.25, -0.2) is 0 Å². The standard InChI is InChI=1S/C18H18ClNO4/c1-22-14-7-4-12(17(11-14)24-3)5-9-18(21)20-13-6-8-16(23-2)15(19)10-13/h4-11H,1-3H3,(H,20,21)/b9-5+. The summed E-state index contributed by atoms with van der Waals surface area (Å²) in [6, 6.07) is 10.4. The molecule has 0 aliphatic heterocycles. The molecule has 0 spiro atoms. The lowest BCUT2D eigenvalue weighted by molar-refractivity contribution is -0.111. The van der Waals surface area contributed by atoms with Crippen LogP contribution >= 0.6 is 11.6 Å². The van der Waals surface area contributed by atoms with Crippen molar-refractivity contribution in [1.82, 2.24) is 0 Å². The van der Waals surface area contributed by atoms with Gasteiger partial charge in [-0.05, 0) is 36.4 Å². The number of amides is 1. The van der Waals surface area contributed by atoms with E-state index in [0.717, 1.165) is 5.56 Å². The first-order chi connectivity index (χ1) is 11.6. The molecule has 0 aromatic heterocycles. The maximum Gasteiger partial charge on any atom is 0.248 e. The van der Waals surface area contributed by atoms with Crippen molar-refractivity contribution in [2.45, 2.75) is 0 Å². The molecule has 2 aromatic rings. The van der Waals surface area contributed by atoms with Crippen molar-refractivity contribution in [2.24, 2.45) is 0 Å². The lowest BCUT2D eigenvalue weighted by Crippen LogP contribution is -2.07. The monoisotopic (exact) mass is 347 g/mol. The van der Waals surface area contributed by atoms with Gasteiger partial charge in [-0.2, -0.15) is 0 Å². The van der Waals surface area contributed by atoms with E-state index in [9.17, 15) is 4.79 Å². The summed E-state index contributed by atoms with van der Waals surface area (Å²) >= 11 is 6.03. The molecular formula is C18H18ClNO4. The van der Waals surface area contributed by atoms with Crippen LogP contribution in [-0.2, 0) is 4.79 Å². The Morgan fingerprint density at radius 1 is 1.00 bits per heavy atom. The molecule has 0 aliphatic rings. The predicted octanol–water partition coefficient (Wildman–Crippen LogP) is 4.02. The van der Waals surface area contributed by atoms with Crippen LogP contribution in [0.1, 0.15) is 5.56 Å². The highest BCUT2D eigenvalue weighted by molar-refractivity contribution is 6.32. The summed E-state index contributed by atoms with van der Waals surface area (Å²) in [5.41, 5.74) is 1.35. The van der Waals surface area contributed by atoms with Gasteiger partial charge in [-0.3, -0.25) is 4.79 Å². The molecule has 0 fully saturated rings. The average molecular weight is 348 g/mol. The number of rotatable bonds is 6. The molecule has 0 atom stereocenters. The van der Waals surface area contributed by atoms with Gasteiger partial charge in [0.05, 0.1) is 26.4 Å². The third-order valence-electron chi connectivity index (χ3n) is 3.27. The molecule has 2 aromatic carbocycles. The van der Waals surface area contributed by atoms with Crippen LogP contribution < -0.4 is 19.5 Å². The summed E-state index contributed by atoms with van der Waals surface area (Å²) < 4.78 is 15.5. The Kier molecular flexibility index (Phi) is 6.09. The maximum absolute atomic E-state index is 12.0. The van der Waals surface area contributed by atoms with Crippen LogP contribution in [-0.4, -0.2) is 27.2 Å². The Bertz CT molecular complexity index is 759. The van der Waals surface area contributed by atoms with Gasteiger partial charge in [0, 0.05) is 23.4 Å². The number of methoxy groups -OCH3 is 3. The second kappa shape index (κ2) is 8.26.